The summed E-state index contributed by atoms with van der Waals surface area (Å²) in [5.41, 5.74) is 4.00. The number of nitrogens with zero attached hydrogens (tertiary/aromatic N) is 2. The Hall–Kier alpha value is -2.43. The summed E-state index contributed by atoms with van der Waals surface area (Å²) in [5.74, 6) is 1.34. The third kappa shape index (κ3) is 3.20. The molecule has 0 saturated carbocycles. The second-order valence-electron chi connectivity index (χ2n) is 6.43. The molecule has 0 fully saturated rings. The van der Waals surface area contributed by atoms with Crippen molar-refractivity contribution in [1.29, 1.82) is 0 Å². The summed E-state index contributed by atoms with van der Waals surface area (Å²) in [4.78, 5) is 0. The lowest BCUT2D eigenvalue weighted by Gasteiger charge is -2.13. The van der Waals surface area contributed by atoms with Crippen LogP contribution in [0.1, 0.15) is 30.0 Å². The number of hydrogen-bond acceptors (Lipinski definition) is 3. The van der Waals surface area contributed by atoms with Crippen LogP contribution in [-0.2, 0) is 0 Å². The highest BCUT2D eigenvalue weighted by molar-refractivity contribution is 6.36. The van der Waals surface area contributed by atoms with E-state index in [1.807, 2.05) is 57.2 Å². The molecule has 0 N–H and O–H groups in total. The minimum absolute atomic E-state index is 0.133. The van der Waals surface area contributed by atoms with Crippen molar-refractivity contribution in [2.24, 2.45) is 0 Å². The summed E-state index contributed by atoms with van der Waals surface area (Å²) in [5, 5.41) is 5.75. The Morgan fingerprint density at radius 1 is 1.07 bits per heavy atom. The van der Waals surface area contributed by atoms with Gasteiger partial charge in [0.1, 0.15) is 23.3 Å². The van der Waals surface area contributed by atoms with Crippen molar-refractivity contribution in [2.75, 3.05) is 0 Å². The van der Waals surface area contributed by atoms with Gasteiger partial charge in [-0.1, -0.05) is 53.5 Å². The molecule has 0 aliphatic carbocycles. The van der Waals surface area contributed by atoms with Crippen LogP contribution in [0.15, 0.2) is 52.9 Å². The average Bonchev–Trinajstić information content (AvgIpc) is 3.11. The first-order valence-corrected chi connectivity index (χ1v) is 9.37. The average molecular weight is 401 g/mol. The Balaban J connectivity index is 1.80. The number of benzene rings is 2. The summed E-state index contributed by atoms with van der Waals surface area (Å²) >= 11 is 12.4. The number of ether oxygens (including phenoxy) is 1. The second kappa shape index (κ2) is 6.95. The Morgan fingerprint density at radius 2 is 1.81 bits per heavy atom. The highest BCUT2D eigenvalue weighted by Crippen LogP contribution is 2.38. The number of aromatic nitrogens is 2. The van der Waals surface area contributed by atoms with Crippen LogP contribution in [0.25, 0.3) is 17.0 Å². The van der Waals surface area contributed by atoms with E-state index >= 15 is 0 Å². The normalized spacial score (nSPS) is 12.5. The molecule has 0 amide bonds. The van der Waals surface area contributed by atoms with Crippen LogP contribution in [0.5, 0.6) is 5.75 Å². The van der Waals surface area contributed by atoms with Crippen LogP contribution in [-0.4, -0.2) is 9.61 Å². The van der Waals surface area contributed by atoms with Crippen LogP contribution >= 0.6 is 23.2 Å². The first kappa shape index (κ1) is 18.0. The van der Waals surface area contributed by atoms with Gasteiger partial charge in [0.15, 0.2) is 0 Å². The van der Waals surface area contributed by atoms with Gasteiger partial charge in [-0.15, -0.1) is 0 Å². The number of aryl methyl sites for hydroxylation is 2. The molecule has 0 aliphatic heterocycles. The Kier molecular flexibility index (Phi) is 4.62. The van der Waals surface area contributed by atoms with E-state index in [0.29, 0.717) is 27.3 Å². The Labute approximate surface area is 167 Å². The zero-order chi connectivity index (χ0) is 19.1. The highest BCUT2D eigenvalue weighted by atomic mass is 35.5. The SMILES string of the molecule is Cc1nn2c(-c3ccc(Cl)cc3Cl)c(C)oc2c1O[C@@H](C)c1ccccc1. The van der Waals surface area contributed by atoms with Gasteiger partial charge in [0, 0.05) is 10.6 Å². The standard InChI is InChI=1S/C21H18Cl2N2O2/c1-12-20(26-13(2)15-7-5-4-6-8-15)21-25(24-12)19(14(3)27-21)17-10-9-16(22)11-18(17)23/h4-11,13H,1-3H3/t13-/m0/s1. The number of hydrogen-bond donors (Lipinski definition) is 0. The molecule has 0 saturated heterocycles. The molecule has 4 rings (SSSR count). The van der Waals surface area contributed by atoms with Crippen LogP contribution < -0.4 is 4.74 Å². The number of fused-ring (bicyclic) bond motifs is 1. The van der Waals surface area contributed by atoms with E-state index in [1.54, 1.807) is 16.6 Å². The summed E-state index contributed by atoms with van der Waals surface area (Å²) in [6, 6.07) is 15.4. The molecule has 6 heteroatoms. The van der Waals surface area contributed by atoms with Gasteiger partial charge in [-0.3, -0.25) is 0 Å². The maximum Gasteiger partial charge on any atom is 0.266 e. The van der Waals surface area contributed by atoms with Gasteiger partial charge in [0.2, 0.25) is 5.75 Å². The molecular formula is C21H18Cl2N2O2. The van der Waals surface area contributed by atoms with Crippen molar-refractivity contribution in [1.82, 2.24) is 9.61 Å². The molecule has 1 atom stereocenters. The molecule has 0 unspecified atom stereocenters. The van der Waals surface area contributed by atoms with Gasteiger partial charge in [0.25, 0.3) is 5.71 Å². The van der Waals surface area contributed by atoms with Crippen molar-refractivity contribution in [3.8, 4) is 17.0 Å². The lowest BCUT2D eigenvalue weighted by Crippen LogP contribution is -2.03. The topological polar surface area (TPSA) is 39.7 Å². The minimum atomic E-state index is -0.133. The summed E-state index contributed by atoms with van der Waals surface area (Å²) in [6.07, 6.45) is -0.133. The van der Waals surface area contributed by atoms with Crippen LogP contribution in [0, 0.1) is 13.8 Å². The summed E-state index contributed by atoms with van der Waals surface area (Å²) in [7, 11) is 0. The maximum atomic E-state index is 6.41. The number of oxazole rings is 1. The Bertz CT molecular complexity index is 1120. The lowest BCUT2D eigenvalue weighted by atomic mass is 10.1. The smallest absolute Gasteiger partial charge is 0.266 e. The second-order valence-corrected chi connectivity index (χ2v) is 7.28. The molecule has 0 spiro atoms. The first-order chi connectivity index (χ1) is 13.0. The molecule has 2 aromatic heterocycles. The van der Waals surface area contributed by atoms with Crippen molar-refractivity contribution in [3.63, 3.8) is 0 Å². The molecule has 4 nitrogen and oxygen atoms in total. The molecule has 27 heavy (non-hydrogen) atoms. The van der Waals surface area contributed by atoms with Crippen molar-refractivity contribution in [2.45, 2.75) is 26.9 Å². The van der Waals surface area contributed by atoms with E-state index in [9.17, 15) is 0 Å². The van der Waals surface area contributed by atoms with E-state index in [4.69, 9.17) is 32.4 Å². The highest BCUT2D eigenvalue weighted by Gasteiger charge is 2.24. The molecular weight excluding hydrogens is 383 g/mol. The van der Waals surface area contributed by atoms with Gasteiger partial charge in [-0.05, 0) is 44.5 Å². The quantitative estimate of drug-likeness (QED) is 0.384. The predicted molar refractivity (Wildman–Crippen MR) is 108 cm³/mol. The van der Waals surface area contributed by atoms with Gasteiger partial charge < -0.3 is 9.15 Å². The molecule has 2 heterocycles. The maximum absolute atomic E-state index is 6.41. The Morgan fingerprint density at radius 3 is 2.52 bits per heavy atom. The molecule has 4 aromatic rings. The zero-order valence-corrected chi connectivity index (χ0v) is 16.7. The van der Waals surface area contributed by atoms with Gasteiger partial charge in [-0.25, -0.2) is 0 Å². The predicted octanol–water partition coefficient (Wildman–Crippen LogP) is 6.66. The molecule has 0 bridgehead atoms. The third-order valence-corrected chi connectivity index (χ3v) is 5.06. The van der Waals surface area contributed by atoms with Gasteiger partial charge >= 0.3 is 0 Å². The van der Waals surface area contributed by atoms with Crippen molar-refractivity contribution in [3.05, 3.63) is 75.6 Å². The van der Waals surface area contributed by atoms with Crippen molar-refractivity contribution >= 4 is 28.9 Å². The van der Waals surface area contributed by atoms with E-state index in [0.717, 1.165) is 22.5 Å². The lowest BCUT2D eigenvalue weighted by molar-refractivity contribution is 0.225. The van der Waals surface area contributed by atoms with E-state index in [1.165, 1.54) is 0 Å². The fraction of sp³-hybridized carbons (Fsp3) is 0.190. The molecule has 0 radical (unpaired) electrons. The molecule has 2 aromatic carbocycles. The largest absolute Gasteiger partial charge is 0.479 e. The van der Waals surface area contributed by atoms with Crippen LogP contribution in [0.4, 0.5) is 0 Å². The summed E-state index contributed by atoms with van der Waals surface area (Å²) in [6.45, 7) is 5.79. The van der Waals surface area contributed by atoms with Gasteiger partial charge in [-0.2, -0.15) is 9.61 Å². The number of rotatable bonds is 4. The van der Waals surface area contributed by atoms with Crippen LogP contribution in [0.3, 0.4) is 0 Å². The fourth-order valence-electron chi connectivity index (χ4n) is 3.17. The van der Waals surface area contributed by atoms with Gasteiger partial charge in [0.05, 0.1) is 5.02 Å². The molecule has 138 valence electrons. The fourth-order valence-corrected chi connectivity index (χ4v) is 3.66. The summed E-state index contributed by atoms with van der Waals surface area (Å²) < 4.78 is 14.0. The van der Waals surface area contributed by atoms with Crippen LogP contribution in [0.2, 0.25) is 10.0 Å². The monoisotopic (exact) mass is 400 g/mol. The van der Waals surface area contributed by atoms with E-state index in [2.05, 4.69) is 5.10 Å². The third-order valence-electron chi connectivity index (χ3n) is 4.51. The molecule has 0 aliphatic rings. The first-order valence-electron chi connectivity index (χ1n) is 8.61. The van der Waals surface area contributed by atoms with Crippen molar-refractivity contribution < 1.29 is 9.15 Å². The minimum Gasteiger partial charge on any atom is -0.479 e. The zero-order valence-electron chi connectivity index (χ0n) is 15.2. The van der Waals surface area contributed by atoms with E-state index < -0.39 is 0 Å². The number of halogens is 2. The van der Waals surface area contributed by atoms with E-state index in [-0.39, 0.29) is 6.10 Å².